The quantitative estimate of drug-likeness (QED) is 0.892. The number of nitrogens with zero attached hydrogens (tertiary/aromatic N) is 1. The van der Waals surface area contributed by atoms with Gasteiger partial charge in [0.25, 0.3) is 0 Å². The van der Waals surface area contributed by atoms with Crippen LogP contribution in [0.1, 0.15) is 19.8 Å². The second-order valence-corrected chi connectivity index (χ2v) is 6.27. The molecule has 0 bridgehead atoms. The first-order chi connectivity index (χ1) is 10.5. The highest BCUT2D eigenvalue weighted by Crippen LogP contribution is 2.32. The molecule has 2 amide bonds. The Labute approximate surface area is 137 Å². The molecule has 0 saturated carbocycles. The summed E-state index contributed by atoms with van der Waals surface area (Å²) >= 11 is 6.21. The summed E-state index contributed by atoms with van der Waals surface area (Å²) in [7, 11) is 3.80. The van der Waals surface area contributed by atoms with Gasteiger partial charge in [-0.3, -0.25) is 0 Å². The van der Waals surface area contributed by atoms with Gasteiger partial charge in [-0.05, 0) is 37.8 Å². The molecule has 1 heterocycles. The molecule has 5 nitrogen and oxygen atoms in total. The Kier molecular flexibility index (Phi) is 5.91. The van der Waals surface area contributed by atoms with Crippen molar-refractivity contribution in [2.24, 2.45) is 5.92 Å². The lowest BCUT2D eigenvalue weighted by Gasteiger charge is -2.28. The van der Waals surface area contributed by atoms with Crippen LogP contribution in [0.5, 0.6) is 0 Å². The first-order valence-electron chi connectivity index (χ1n) is 7.60. The van der Waals surface area contributed by atoms with Gasteiger partial charge in [-0.15, -0.1) is 0 Å². The fourth-order valence-electron chi connectivity index (χ4n) is 2.77. The predicted molar refractivity (Wildman–Crippen MR) is 90.9 cm³/mol. The molecule has 0 aromatic heterocycles. The van der Waals surface area contributed by atoms with Crippen molar-refractivity contribution < 1.29 is 9.53 Å². The largest absolute Gasteiger partial charge is 0.381 e. The molecule has 2 N–H and O–H groups in total. The smallest absolute Gasteiger partial charge is 0.319 e. The van der Waals surface area contributed by atoms with Crippen LogP contribution in [0.3, 0.4) is 0 Å². The minimum Gasteiger partial charge on any atom is -0.381 e. The van der Waals surface area contributed by atoms with E-state index in [1.165, 1.54) is 0 Å². The maximum absolute atomic E-state index is 12.2. The van der Waals surface area contributed by atoms with E-state index in [1.807, 2.05) is 44.1 Å². The van der Waals surface area contributed by atoms with E-state index in [0.717, 1.165) is 31.7 Å². The van der Waals surface area contributed by atoms with Gasteiger partial charge in [0, 0.05) is 33.4 Å². The molecular weight excluding hydrogens is 302 g/mol. The van der Waals surface area contributed by atoms with Crippen molar-refractivity contribution in [3.05, 3.63) is 23.2 Å². The summed E-state index contributed by atoms with van der Waals surface area (Å²) in [6.45, 7) is 3.59. The molecule has 1 fully saturated rings. The molecular formula is C16H24ClN3O2. The van der Waals surface area contributed by atoms with Crippen molar-refractivity contribution >= 4 is 29.0 Å². The van der Waals surface area contributed by atoms with E-state index in [0.29, 0.717) is 16.6 Å². The van der Waals surface area contributed by atoms with Crippen molar-refractivity contribution in [2.75, 3.05) is 37.5 Å². The van der Waals surface area contributed by atoms with E-state index in [-0.39, 0.29) is 12.1 Å². The molecule has 122 valence electrons. The van der Waals surface area contributed by atoms with Crippen LogP contribution in [0, 0.1) is 5.92 Å². The molecule has 1 saturated heterocycles. The third-order valence-electron chi connectivity index (χ3n) is 4.01. The SMILES string of the molecule is C[C@H](NC(=O)Nc1cccc(Cl)c1N(C)C)C1CCOCC1. The molecule has 1 aliphatic heterocycles. The van der Waals surface area contributed by atoms with Gasteiger partial charge in [0.2, 0.25) is 0 Å². The van der Waals surface area contributed by atoms with Gasteiger partial charge in [-0.2, -0.15) is 0 Å². The van der Waals surface area contributed by atoms with Crippen molar-refractivity contribution in [3.63, 3.8) is 0 Å². The maximum Gasteiger partial charge on any atom is 0.319 e. The van der Waals surface area contributed by atoms with Crippen LogP contribution in [-0.2, 0) is 4.74 Å². The highest BCUT2D eigenvalue weighted by Gasteiger charge is 2.22. The summed E-state index contributed by atoms with van der Waals surface area (Å²) in [4.78, 5) is 14.1. The van der Waals surface area contributed by atoms with E-state index in [1.54, 1.807) is 0 Å². The highest BCUT2D eigenvalue weighted by molar-refractivity contribution is 6.34. The molecule has 2 rings (SSSR count). The van der Waals surface area contributed by atoms with Crippen LogP contribution in [0.4, 0.5) is 16.2 Å². The number of nitrogens with one attached hydrogen (secondary N) is 2. The summed E-state index contributed by atoms with van der Waals surface area (Å²) in [5.41, 5.74) is 1.51. The fraction of sp³-hybridized carbons (Fsp3) is 0.562. The van der Waals surface area contributed by atoms with Gasteiger partial charge in [-0.1, -0.05) is 17.7 Å². The molecule has 6 heteroatoms. The van der Waals surface area contributed by atoms with E-state index in [9.17, 15) is 4.79 Å². The van der Waals surface area contributed by atoms with E-state index >= 15 is 0 Å². The lowest BCUT2D eigenvalue weighted by molar-refractivity contribution is 0.0573. The zero-order valence-corrected chi connectivity index (χ0v) is 14.1. The number of ether oxygens (including phenoxy) is 1. The summed E-state index contributed by atoms with van der Waals surface area (Å²) in [6.07, 6.45) is 1.98. The summed E-state index contributed by atoms with van der Waals surface area (Å²) < 4.78 is 5.36. The van der Waals surface area contributed by atoms with Crippen molar-refractivity contribution in [1.82, 2.24) is 5.32 Å². The number of carbonyl (C=O) groups excluding carboxylic acids is 1. The number of carbonyl (C=O) groups is 1. The lowest BCUT2D eigenvalue weighted by Crippen LogP contribution is -2.42. The fourth-order valence-corrected chi connectivity index (χ4v) is 3.11. The van der Waals surface area contributed by atoms with Gasteiger partial charge >= 0.3 is 6.03 Å². The first-order valence-corrected chi connectivity index (χ1v) is 7.98. The van der Waals surface area contributed by atoms with Crippen LogP contribution in [0.2, 0.25) is 5.02 Å². The second-order valence-electron chi connectivity index (χ2n) is 5.87. The Balaban J connectivity index is 1.98. The third kappa shape index (κ3) is 4.27. The highest BCUT2D eigenvalue weighted by atomic mass is 35.5. The van der Waals surface area contributed by atoms with Crippen LogP contribution >= 0.6 is 11.6 Å². The Morgan fingerprint density at radius 1 is 1.36 bits per heavy atom. The first kappa shape index (κ1) is 16.9. The number of hydrogen-bond acceptors (Lipinski definition) is 3. The van der Waals surface area contributed by atoms with Crippen molar-refractivity contribution in [3.8, 4) is 0 Å². The third-order valence-corrected chi connectivity index (χ3v) is 4.32. The molecule has 0 radical (unpaired) electrons. The summed E-state index contributed by atoms with van der Waals surface area (Å²) in [5.74, 6) is 0.465. The average molecular weight is 326 g/mol. The molecule has 0 spiro atoms. The van der Waals surface area contributed by atoms with Crippen LogP contribution in [0.15, 0.2) is 18.2 Å². The molecule has 1 atom stereocenters. The minimum absolute atomic E-state index is 0.117. The molecule has 0 unspecified atom stereocenters. The Hall–Kier alpha value is -1.46. The Morgan fingerprint density at radius 2 is 2.05 bits per heavy atom. The van der Waals surface area contributed by atoms with Gasteiger partial charge in [0.05, 0.1) is 16.4 Å². The van der Waals surface area contributed by atoms with E-state index in [4.69, 9.17) is 16.3 Å². The van der Waals surface area contributed by atoms with E-state index in [2.05, 4.69) is 10.6 Å². The van der Waals surface area contributed by atoms with Crippen molar-refractivity contribution in [1.29, 1.82) is 0 Å². The number of hydrogen-bond donors (Lipinski definition) is 2. The number of urea groups is 1. The standard InChI is InChI=1S/C16H24ClN3O2/c1-11(12-7-9-22-10-8-12)18-16(21)19-14-6-4-5-13(17)15(14)20(2)3/h4-6,11-12H,7-10H2,1-3H3,(H2,18,19,21)/t11-/m0/s1. The van der Waals surface area contributed by atoms with Gasteiger partial charge in [0.1, 0.15) is 0 Å². The number of amides is 2. The lowest BCUT2D eigenvalue weighted by atomic mass is 9.93. The zero-order chi connectivity index (χ0) is 16.1. The van der Waals surface area contributed by atoms with Crippen LogP contribution < -0.4 is 15.5 Å². The number of rotatable bonds is 4. The van der Waals surface area contributed by atoms with Crippen LogP contribution in [-0.4, -0.2) is 39.4 Å². The van der Waals surface area contributed by atoms with Crippen molar-refractivity contribution in [2.45, 2.75) is 25.8 Å². The minimum atomic E-state index is -0.204. The molecule has 1 aromatic rings. The van der Waals surface area contributed by atoms with Crippen LogP contribution in [0.25, 0.3) is 0 Å². The number of anilines is 2. The molecule has 1 aromatic carbocycles. The predicted octanol–water partition coefficient (Wildman–Crippen LogP) is 3.34. The monoisotopic (exact) mass is 325 g/mol. The Morgan fingerprint density at radius 3 is 2.68 bits per heavy atom. The number of benzene rings is 1. The maximum atomic E-state index is 12.2. The molecule has 1 aliphatic rings. The summed E-state index contributed by atoms with van der Waals surface area (Å²) in [6, 6.07) is 5.40. The normalized spacial score (nSPS) is 16.9. The van der Waals surface area contributed by atoms with Gasteiger partial charge in [-0.25, -0.2) is 4.79 Å². The van der Waals surface area contributed by atoms with Gasteiger partial charge < -0.3 is 20.3 Å². The topological polar surface area (TPSA) is 53.6 Å². The number of para-hydroxylation sites is 1. The zero-order valence-electron chi connectivity index (χ0n) is 13.4. The number of halogens is 1. The molecule has 22 heavy (non-hydrogen) atoms. The van der Waals surface area contributed by atoms with Gasteiger partial charge in [0.15, 0.2) is 0 Å². The second kappa shape index (κ2) is 7.70. The van der Waals surface area contributed by atoms with E-state index < -0.39 is 0 Å². The summed E-state index contributed by atoms with van der Waals surface area (Å²) in [5, 5.41) is 6.52. The average Bonchev–Trinajstić information content (AvgIpc) is 2.47. The molecule has 0 aliphatic carbocycles. The Bertz CT molecular complexity index is 516.